The van der Waals surface area contributed by atoms with E-state index in [9.17, 15) is 4.79 Å². The number of rotatable bonds is 3. The van der Waals surface area contributed by atoms with Gasteiger partial charge in [0.15, 0.2) is 0 Å². The zero-order valence-electron chi connectivity index (χ0n) is 10.0. The summed E-state index contributed by atoms with van der Waals surface area (Å²) in [6.07, 6.45) is 1.72. The van der Waals surface area contributed by atoms with Crippen molar-refractivity contribution in [2.45, 2.75) is 20.8 Å². The van der Waals surface area contributed by atoms with Crippen LogP contribution in [0.15, 0.2) is 42.1 Å². The molecule has 0 radical (unpaired) electrons. The Bertz CT molecular complexity index is 367. The van der Waals surface area contributed by atoms with Crippen molar-refractivity contribution in [1.82, 2.24) is 5.32 Å². The first-order valence-corrected chi connectivity index (χ1v) is 5.41. The summed E-state index contributed by atoms with van der Waals surface area (Å²) in [4.78, 5) is 13.5. The summed E-state index contributed by atoms with van der Waals surface area (Å²) in [5, 5.41) is 2.76. The molecule has 0 saturated carbocycles. The molecule has 0 heterocycles. The van der Waals surface area contributed by atoms with Crippen molar-refractivity contribution in [3.63, 3.8) is 0 Å². The van der Waals surface area contributed by atoms with Crippen molar-refractivity contribution in [3.05, 3.63) is 42.1 Å². The third kappa shape index (κ3) is 3.42. The van der Waals surface area contributed by atoms with Crippen LogP contribution in [0.2, 0.25) is 0 Å². The van der Waals surface area contributed by atoms with Crippen molar-refractivity contribution < 1.29 is 4.79 Å². The predicted octanol–water partition coefficient (Wildman–Crippen LogP) is 3.15. The summed E-state index contributed by atoms with van der Waals surface area (Å²) in [5.74, 6) is 0. The van der Waals surface area contributed by atoms with E-state index < -0.39 is 0 Å². The lowest BCUT2D eigenvalue weighted by Gasteiger charge is -2.20. The number of urea groups is 1. The fourth-order valence-corrected chi connectivity index (χ4v) is 1.34. The number of nitrogens with zero attached hydrogens (tertiary/aromatic N) is 1. The van der Waals surface area contributed by atoms with Gasteiger partial charge in [-0.05, 0) is 32.9 Å². The van der Waals surface area contributed by atoms with Gasteiger partial charge >= 0.3 is 6.03 Å². The number of benzene rings is 1. The Morgan fingerprint density at radius 3 is 2.44 bits per heavy atom. The quantitative estimate of drug-likeness (QED) is 0.830. The maximum absolute atomic E-state index is 11.8. The molecule has 3 nitrogen and oxygen atoms in total. The van der Waals surface area contributed by atoms with Gasteiger partial charge in [-0.2, -0.15) is 0 Å². The predicted molar refractivity (Wildman–Crippen MR) is 67.4 cm³/mol. The standard InChI is InChI=1S/C13H18N2O/c1-4-15(12-8-6-5-7-9-12)13(16)14-10-11(2)3/h5-10H,4H2,1-3H3,(H,14,16). The second-order valence-electron chi connectivity index (χ2n) is 3.75. The lowest BCUT2D eigenvalue weighted by molar-refractivity contribution is 0.249. The van der Waals surface area contributed by atoms with Gasteiger partial charge in [-0.3, -0.25) is 4.90 Å². The molecule has 16 heavy (non-hydrogen) atoms. The van der Waals surface area contributed by atoms with E-state index in [1.165, 1.54) is 0 Å². The van der Waals surface area contributed by atoms with Crippen LogP contribution >= 0.6 is 0 Å². The summed E-state index contributed by atoms with van der Waals surface area (Å²) < 4.78 is 0. The Hall–Kier alpha value is -1.77. The zero-order chi connectivity index (χ0) is 12.0. The highest BCUT2D eigenvalue weighted by molar-refractivity contribution is 5.92. The molecular weight excluding hydrogens is 200 g/mol. The molecular formula is C13H18N2O. The molecule has 0 aromatic heterocycles. The molecule has 3 heteroatoms. The van der Waals surface area contributed by atoms with Crippen molar-refractivity contribution in [2.75, 3.05) is 11.4 Å². The summed E-state index contributed by atoms with van der Waals surface area (Å²) >= 11 is 0. The highest BCUT2D eigenvalue weighted by atomic mass is 16.2. The smallest absolute Gasteiger partial charge is 0.314 e. The maximum atomic E-state index is 11.8. The van der Waals surface area contributed by atoms with Crippen LogP contribution in [0.1, 0.15) is 20.8 Å². The van der Waals surface area contributed by atoms with Gasteiger partial charge in [0.1, 0.15) is 0 Å². The molecule has 0 atom stereocenters. The normalized spacial score (nSPS) is 9.44. The second kappa shape index (κ2) is 5.95. The van der Waals surface area contributed by atoms with Crippen molar-refractivity contribution in [3.8, 4) is 0 Å². The maximum Gasteiger partial charge on any atom is 0.325 e. The molecule has 2 amide bonds. The Labute approximate surface area is 96.8 Å². The molecule has 0 fully saturated rings. The van der Waals surface area contributed by atoms with Gasteiger partial charge in [-0.25, -0.2) is 4.79 Å². The van der Waals surface area contributed by atoms with Crippen LogP contribution < -0.4 is 10.2 Å². The van der Waals surface area contributed by atoms with Gasteiger partial charge in [0.25, 0.3) is 0 Å². The van der Waals surface area contributed by atoms with Crippen molar-refractivity contribution >= 4 is 11.7 Å². The molecule has 1 aromatic rings. The van der Waals surface area contributed by atoms with Crippen molar-refractivity contribution in [2.24, 2.45) is 0 Å². The van der Waals surface area contributed by atoms with Crippen LogP contribution in [-0.4, -0.2) is 12.6 Å². The molecule has 0 spiro atoms. The van der Waals surface area contributed by atoms with Crippen LogP contribution in [-0.2, 0) is 0 Å². The van der Waals surface area contributed by atoms with E-state index in [1.807, 2.05) is 51.1 Å². The summed E-state index contributed by atoms with van der Waals surface area (Å²) in [6, 6.07) is 9.52. The number of allylic oxidation sites excluding steroid dienone is 1. The number of carbonyl (C=O) groups is 1. The number of anilines is 1. The topological polar surface area (TPSA) is 32.3 Å². The van der Waals surface area contributed by atoms with Gasteiger partial charge in [0.2, 0.25) is 0 Å². The third-order valence-electron chi connectivity index (χ3n) is 2.11. The van der Waals surface area contributed by atoms with Gasteiger partial charge in [-0.15, -0.1) is 0 Å². The minimum absolute atomic E-state index is 0.102. The summed E-state index contributed by atoms with van der Waals surface area (Å²) in [5.41, 5.74) is 1.97. The fourth-order valence-electron chi connectivity index (χ4n) is 1.34. The number of carbonyl (C=O) groups excluding carboxylic acids is 1. The van der Waals surface area contributed by atoms with Crippen LogP contribution in [0.4, 0.5) is 10.5 Å². The molecule has 0 saturated heterocycles. The van der Waals surface area contributed by atoms with E-state index >= 15 is 0 Å². The molecule has 0 aliphatic carbocycles. The van der Waals surface area contributed by atoms with E-state index in [2.05, 4.69) is 5.32 Å². The van der Waals surface area contributed by atoms with Gasteiger partial charge in [-0.1, -0.05) is 23.8 Å². The third-order valence-corrected chi connectivity index (χ3v) is 2.11. The zero-order valence-corrected chi connectivity index (χ0v) is 10.0. The van der Waals surface area contributed by atoms with Crippen LogP contribution in [0.3, 0.4) is 0 Å². The van der Waals surface area contributed by atoms with E-state index in [4.69, 9.17) is 0 Å². The minimum atomic E-state index is -0.102. The molecule has 86 valence electrons. The minimum Gasteiger partial charge on any atom is -0.314 e. The van der Waals surface area contributed by atoms with Gasteiger partial charge in [0.05, 0.1) is 0 Å². The lowest BCUT2D eigenvalue weighted by atomic mass is 10.3. The molecule has 1 rings (SSSR count). The number of hydrogen-bond donors (Lipinski definition) is 1. The van der Waals surface area contributed by atoms with Crippen LogP contribution in [0.25, 0.3) is 0 Å². The monoisotopic (exact) mass is 218 g/mol. The highest BCUT2D eigenvalue weighted by Gasteiger charge is 2.11. The first kappa shape index (κ1) is 12.3. The lowest BCUT2D eigenvalue weighted by Crippen LogP contribution is -2.37. The average molecular weight is 218 g/mol. The van der Waals surface area contributed by atoms with E-state index in [0.29, 0.717) is 6.54 Å². The highest BCUT2D eigenvalue weighted by Crippen LogP contribution is 2.12. The van der Waals surface area contributed by atoms with Crippen LogP contribution in [0, 0.1) is 0 Å². The largest absolute Gasteiger partial charge is 0.325 e. The van der Waals surface area contributed by atoms with E-state index in [0.717, 1.165) is 11.3 Å². The molecule has 1 N–H and O–H groups in total. The first-order valence-electron chi connectivity index (χ1n) is 5.41. The summed E-state index contributed by atoms with van der Waals surface area (Å²) in [7, 11) is 0. The first-order chi connectivity index (χ1) is 7.65. The fraction of sp³-hybridized carbons (Fsp3) is 0.308. The molecule has 0 aliphatic heterocycles. The van der Waals surface area contributed by atoms with Crippen LogP contribution in [0.5, 0.6) is 0 Å². The number of para-hydroxylation sites is 1. The molecule has 1 aromatic carbocycles. The van der Waals surface area contributed by atoms with Gasteiger partial charge < -0.3 is 5.32 Å². The molecule has 0 aliphatic rings. The number of hydrogen-bond acceptors (Lipinski definition) is 1. The SMILES string of the molecule is CCN(C(=O)NC=C(C)C)c1ccccc1. The van der Waals surface area contributed by atoms with E-state index in [-0.39, 0.29) is 6.03 Å². The number of nitrogens with one attached hydrogen (secondary N) is 1. The molecule has 0 unspecified atom stereocenters. The Morgan fingerprint density at radius 2 is 1.94 bits per heavy atom. The summed E-state index contributed by atoms with van der Waals surface area (Å²) in [6.45, 7) is 6.49. The Kier molecular flexibility index (Phi) is 4.58. The average Bonchev–Trinajstić information content (AvgIpc) is 2.29. The number of amides is 2. The van der Waals surface area contributed by atoms with E-state index in [1.54, 1.807) is 11.1 Å². The van der Waals surface area contributed by atoms with Crippen molar-refractivity contribution in [1.29, 1.82) is 0 Å². The Balaban J connectivity index is 2.75. The molecule has 0 bridgehead atoms. The second-order valence-corrected chi connectivity index (χ2v) is 3.75. The van der Waals surface area contributed by atoms with Gasteiger partial charge in [0, 0.05) is 18.4 Å². The Morgan fingerprint density at radius 1 is 1.31 bits per heavy atom.